The molecule has 0 spiro atoms. The number of benzene rings is 2. The van der Waals surface area contributed by atoms with Crippen LogP contribution in [-0.2, 0) is 22.4 Å². The second-order valence-corrected chi connectivity index (χ2v) is 5.18. The highest BCUT2D eigenvalue weighted by Crippen LogP contribution is 2.13. The summed E-state index contributed by atoms with van der Waals surface area (Å²) in [7, 11) is 1.56. The molecule has 1 amide bonds. The van der Waals surface area contributed by atoms with Crippen molar-refractivity contribution in [1.29, 1.82) is 0 Å². The molecule has 2 aromatic carbocycles. The van der Waals surface area contributed by atoms with Crippen LogP contribution in [0.3, 0.4) is 0 Å². The minimum atomic E-state index is -1.05. The molecule has 23 heavy (non-hydrogen) atoms. The first kappa shape index (κ1) is 16.5. The Morgan fingerprint density at radius 1 is 1.09 bits per heavy atom. The number of nitrogens with one attached hydrogen (secondary N) is 1. The first-order valence-corrected chi connectivity index (χ1v) is 7.27. The Morgan fingerprint density at radius 2 is 1.78 bits per heavy atom. The zero-order valence-electron chi connectivity index (χ0n) is 12.9. The molecule has 120 valence electrons. The van der Waals surface area contributed by atoms with E-state index in [0.717, 1.165) is 11.1 Å². The van der Waals surface area contributed by atoms with Gasteiger partial charge in [-0.3, -0.25) is 4.79 Å². The van der Waals surface area contributed by atoms with E-state index in [1.165, 1.54) is 0 Å². The Labute approximate surface area is 134 Å². The van der Waals surface area contributed by atoms with Gasteiger partial charge in [0.05, 0.1) is 13.5 Å². The van der Waals surface area contributed by atoms with Gasteiger partial charge in [0.25, 0.3) is 0 Å². The average molecular weight is 313 g/mol. The molecule has 0 aliphatic heterocycles. The second kappa shape index (κ2) is 7.98. The summed E-state index contributed by atoms with van der Waals surface area (Å²) < 4.78 is 5.11. The van der Waals surface area contributed by atoms with Crippen LogP contribution in [0.5, 0.6) is 5.75 Å². The maximum absolute atomic E-state index is 12.1. The van der Waals surface area contributed by atoms with Gasteiger partial charge in [-0.1, -0.05) is 42.5 Å². The van der Waals surface area contributed by atoms with Crippen LogP contribution < -0.4 is 10.1 Å². The van der Waals surface area contributed by atoms with E-state index in [0.29, 0.717) is 5.75 Å². The van der Waals surface area contributed by atoms with Crippen LogP contribution in [0.25, 0.3) is 0 Å². The predicted molar refractivity (Wildman–Crippen MR) is 86.4 cm³/mol. The van der Waals surface area contributed by atoms with Gasteiger partial charge in [-0.25, -0.2) is 4.79 Å². The standard InChI is InChI=1S/C18H19NO4/c1-23-15-9-5-8-14(10-15)12-17(20)19-16(18(21)22)11-13-6-3-2-4-7-13/h2-10,16H,11-12H2,1H3,(H,19,20)(H,21,22). The highest BCUT2D eigenvalue weighted by Gasteiger charge is 2.20. The van der Waals surface area contributed by atoms with Gasteiger partial charge < -0.3 is 15.2 Å². The molecule has 2 rings (SSSR count). The van der Waals surface area contributed by atoms with Crippen molar-refractivity contribution in [2.45, 2.75) is 18.9 Å². The zero-order valence-corrected chi connectivity index (χ0v) is 12.9. The van der Waals surface area contributed by atoms with Gasteiger partial charge in [-0.05, 0) is 23.3 Å². The Bertz CT molecular complexity index is 670. The molecule has 0 aromatic heterocycles. The third kappa shape index (κ3) is 5.14. The van der Waals surface area contributed by atoms with Crippen molar-refractivity contribution in [1.82, 2.24) is 5.32 Å². The molecule has 2 N–H and O–H groups in total. The highest BCUT2D eigenvalue weighted by molar-refractivity contribution is 5.85. The summed E-state index contributed by atoms with van der Waals surface area (Å²) in [6.07, 6.45) is 0.357. The summed E-state index contributed by atoms with van der Waals surface area (Å²) in [4.78, 5) is 23.5. The van der Waals surface area contributed by atoms with Crippen molar-refractivity contribution in [3.63, 3.8) is 0 Å². The van der Waals surface area contributed by atoms with E-state index in [-0.39, 0.29) is 18.7 Å². The van der Waals surface area contributed by atoms with Crippen molar-refractivity contribution in [2.24, 2.45) is 0 Å². The van der Waals surface area contributed by atoms with Crippen molar-refractivity contribution < 1.29 is 19.4 Å². The largest absolute Gasteiger partial charge is 0.497 e. The minimum Gasteiger partial charge on any atom is -0.497 e. The summed E-state index contributed by atoms with van der Waals surface area (Å²) >= 11 is 0. The number of carbonyl (C=O) groups excluding carboxylic acids is 1. The van der Waals surface area contributed by atoms with Gasteiger partial charge in [-0.15, -0.1) is 0 Å². The van der Waals surface area contributed by atoms with E-state index in [2.05, 4.69) is 5.32 Å². The van der Waals surface area contributed by atoms with Crippen LogP contribution in [0.4, 0.5) is 0 Å². The summed E-state index contributed by atoms with van der Waals surface area (Å²) in [5, 5.41) is 11.9. The van der Waals surface area contributed by atoms with Crippen molar-refractivity contribution in [3.8, 4) is 5.75 Å². The SMILES string of the molecule is COc1cccc(CC(=O)NC(Cc2ccccc2)C(=O)O)c1. The monoisotopic (exact) mass is 313 g/mol. The number of ether oxygens (including phenoxy) is 1. The third-order valence-electron chi connectivity index (χ3n) is 3.41. The first-order valence-electron chi connectivity index (χ1n) is 7.27. The van der Waals surface area contributed by atoms with E-state index in [4.69, 9.17) is 4.74 Å². The number of aliphatic carboxylic acids is 1. The fraction of sp³-hybridized carbons (Fsp3) is 0.222. The van der Waals surface area contributed by atoms with Crippen LogP contribution in [0.2, 0.25) is 0 Å². The summed E-state index contributed by atoms with van der Waals surface area (Å²) in [6.45, 7) is 0. The molecule has 0 heterocycles. The molecular formula is C18H19NO4. The minimum absolute atomic E-state index is 0.107. The Kier molecular flexibility index (Phi) is 5.74. The molecule has 0 fully saturated rings. The number of carbonyl (C=O) groups is 2. The lowest BCUT2D eigenvalue weighted by molar-refractivity contribution is -0.141. The van der Waals surface area contributed by atoms with E-state index < -0.39 is 12.0 Å². The number of hydrogen-bond acceptors (Lipinski definition) is 3. The summed E-state index contributed by atoms with van der Waals surface area (Å²) in [6, 6.07) is 15.4. The molecule has 0 aliphatic rings. The average Bonchev–Trinajstić information content (AvgIpc) is 2.55. The van der Waals surface area contributed by atoms with E-state index in [9.17, 15) is 14.7 Å². The van der Waals surface area contributed by atoms with Gasteiger partial charge in [0.1, 0.15) is 11.8 Å². The van der Waals surface area contributed by atoms with Gasteiger partial charge >= 0.3 is 5.97 Å². The lowest BCUT2D eigenvalue weighted by Crippen LogP contribution is -2.43. The molecule has 0 saturated heterocycles. The zero-order chi connectivity index (χ0) is 16.7. The summed E-state index contributed by atoms with van der Waals surface area (Å²) in [5.41, 5.74) is 1.63. The molecule has 0 bridgehead atoms. The van der Waals surface area contributed by atoms with E-state index >= 15 is 0 Å². The maximum atomic E-state index is 12.1. The van der Waals surface area contributed by atoms with Crippen molar-refractivity contribution in [2.75, 3.05) is 7.11 Å². The number of carboxylic acids is 1. The van der Waals surface area contributed by atoms with Crippen LogP contribution >= 0.6 is 0 Å². The van der Waals surface area contributed by atoms with Gasteiger partial charge in [0, 0.05) is 6.42 Å². The van der Waals surface area contributed by atoms with Gasteiger partial charge in [0.2, 0.25) is 5.91 Å². The topological polar surface area (TPSA) is 75.6 Å². The number of methoxy groups -OCH3 is 1. The smallest absolute Gasteiger partial charge is 0.326 e. The van der Waals surface area contributed by atoms with Crippen LogP contribution in [0.15, 0.2) is 54.6 Å². The normalized spacial score (nSPS) is 11.5. The quantitative estimate of drug-likeness (QED) is 0.820. The van der Waals surface area contributed by atoms with E-state index in [1.54, 1.807) is 31.4 Å². The van der Waals surface area contributed by atoms with Gasteiger partial charge in [-0.2, -0.15) is 0 Å². The lowest BCUT2D eigenvalue weighted by Gasteiger charge is -2.15. The molecule has 2 aromatic rings. The number of amides is 1. The third-order valence-corrected chi connectivity index (χ3v) is 3.41. The molecule has 0 saturated carbocycles. The Balaban J connectivity index is 1.99. The van der Waals surface area contributed by atoms with E-state index in [1.807, 2.05) is 30.3 Å². The van der Waals surface area contributed by atoms with Crippen molar-refractivity contribution >= 4 is 11.9 Å². The molecule has 5 nitrogen and oxygen atoms in total. The fourth-order valence-corrected chi connectivity index (χ4v) is 2.26. The fourth-order valence-electron chi connectivity index (χ4n) is 2.26. The van der Waals surface area contributed by atoms with Crippen LogP contribution in [0.1, 0.15) is 11.1 Å². The molecule has 0 radical (unpaired) electrons. The predicted octanol–water partition coefficient (Wildman–Crippen LogP) is 2.05. The maximum Gasteiger partial charge on any atom is 0.326 e. The first-order chi connectivity index (χ1) is 11.1. The van der Waals surface area contributed by atoms with Crippen LogP contribution in [0, 0.1) is 0 Å². The lowest BCUT2D eigenvalue weighted by atomic mass is 10.1. The molecule has 1 atom stereocenters. The molecular weight excluding hydrogens is 294 g/mol. The van der Waals surface area contributed by atoms with Crippen molar-refractivity contribution in [3.05, 3.63) is 65.7 Å². The Morgan fingerprint density at radius 3 is 2.43 bits per heavy atom. The number of carboxylic acid groups (broad SMARTS) is 1. The molecule has 0 aliphatic carbocycles. The summed E-state index contributed by atoms with van der Waals surface area (Å²) in [5.74, 6) is -0.719. The van der Waals surface area contributed by atoms with Crippen LogP contribution in [-0.4, -0.2) is 30.1 Å². The second-order valence-electron chi connectivity index (χ2n) is 5.18. The molecule has 1 unspecified atom stereocenters. The highest BCUT2D eigenvalue weighted by atomic mass is 16.5. The molecule has 5 heteroatoms. The van der Waals surface area contributed by atoms with Gasteiger partial charge in [0.15, 0.2) is 0 Å². The number of hydrogen-bond donors (Lipinski definition) is 2. The Hall–Kier alpha value is -2.82. The number of rotatable bonds is 7.